The van der Waals surface area contributed by atoms with Crippen LogP contribution in [0.1, 0.15) is 26.3 Å². The van der Waals surface area contributed by atoms with Crippen LogP contribution in [0.25, 0.3) is 0 Å². The zero-order valence-electron chi connectivity index (χ0n) is 25.0. The van der Waals surface area contributed by atoms with Crippen LogP contribution in [0.4, 0.5) is 0 Å². The number of hydrogen-bond acceptors (Lipinski definition) is 11. The Bertz CT molecular complexity index is 697. The van der Waals surface area contributed by atoms with Crippen molar-refractivity contribution in [1.82, 2.24) is 0 Å². The third kappa shape index (κ3) is 20.4. The Balaban J connectivity index is 1.80. The molecule has 0 aliphatic heterocycles. The molecule has 0 fully saturated rings. The molecule has 0 amide bonds. The first kappa shape index (κ1) is 36.5. The van der Waals surface area contributed by atoms with E-state index in [-0.39, 0.29) is 12.0 Å². The Morgan fingerprint density at radius 2 is 0.875 bits per heavy atom. The molecule has 1 aromatic carbocycles. The Morgan fingerprint density at radius 3 is 1.20 bits per heavy atom. The van der Waals surface area contributed by atoms with Crippen molar-refractivity contribution in [1.29, 1.82) is 0 Å². The van der Waals surface area contributed by atoms with Crippen LogP contribution in [0.3, 0.4) is 0 Å². The van der Waals surface area contributed by atoms with E-state index in [1.54, 1.807) is 7.11 Å². The number of methoxy groups -OCH3 is 1. The smallest absolute Gasteiger partial charge is 0.123 e. The number of ether oxygens (including phenoxy) is 10. The molecule has 0 bridgehead atoms. The van der Waals surface area contributed by atoms with Gasteiger partial charge in [-0.05, 0) is 23.6 Å². The molecule has 0 atom stereocenters. The number of hydrogen-bond donors (Lipinski definition) is 1. The second-order valence-corrected chi connectivity index (χ2v) is 9.58. The molecule has 0 radical (unpaired) electrons. The second-order valence-electron chi connectivity index (χ2n) is 9.58. The van der Waals surface area contributed by atoms with E-state index in [0.29, 0.717) is 112 Å². The van der Waals surface area contributed by atoms with Crippen molar-refractivity contribution >= 4 is 0 Å². The molecule has 0 heterocycles. The molecule has 1 aromatic rings. The quantitative estimate of drug-likeness (QED) is 0.149. The third-order valence-corrected chi connectivity index (χ3v) is 5.32. The van der Waals surface area contributed by atoms with Crippen LogP contribution >= 0.6 is 0 Å². The molecular formula is C29H52O11. The van der Waals surface area contributed by atoms with Crippen LogP contribution in [-0.2, 0) is 43.3 Å². The van der Waals surface area contributed by atoms with Gasteiger partial charge >= 0.3 is 0 Å². The molecule has 0 saturated carbocycles. The van der Waals surface area contributed by atoms with Gasteiger partial charge in [-0.3, -0.25) is 0 Å². The third-order valence-electron chi connectivity index (χ3n) is 5.32. The molecule has 11 heteroatoms. The molecular weight excluding hydrogens is 524 g/mol. The summed E-state index contributed by atoms with van der Waals surface area (Å²) in [7, 11) is 1.67. The highest BCUT2D eigenvalue weighted by atomic mass is 16.6. The molecule has 1 N–H and O–H groups in total. The van der Waals surface area contributed by atoms with Gasteiger partial charge in [-0.25, -0.2) is 0 Å². The number of rotatable bonds is 28. The summed E-state index contributed by atoms with van der Waals surface area (Å²) in [6, 6.07) is 5.87. The van der Waals surface area contributed by atoms with E-state index in [1.807, 2.05) is 18.2 Å². The topological polar surface area (TPSA) is 113 Å². The fraction of sp³-hybridized carbons (Fsp3) is 0.793. The maximum absolute atomic E-state index is 8.57. The van der Waals surface area contributed by atoms with Crippen LogP contribution in [0, 0.1) is 0 Å². The molecule has 11 nitrogen and oxygen atoms in total. The van der Waals surface area contributed by atoms with Crippen molar-refractivity contribution in [3.8, 4) is 11.5 Å². The van der Waals surface area contributed by atoms with E-state index in [9.17, 15) is 0 Å². The molecule has 0 aromatic heterocycles. The van der Waals surface area contributed by atoms with Crippen molar-refractivity contribution in [2.45, 2.75) is 26.2 Å². The zero-order valence-corrected chi connectivity index (χ0v) is 25.0. The van der Waals surface area contributed by atoms with E-state index in [1.165, 1.54) is 0 Å². The van der Waals surface area contributed by atoms with Crippen molar-refractivity contribution in [3.05, 3.63) is 23.8 Å². The van der Waals surface area contributed by atoms with Crippen LogP contribution in [0.2, 0.25) is 0 Å². The zero-order chi connectivity index (χ0) is 29.2. The fourth-order valence-corrected chi connectivity index (χ4v) is 3.26. The summed E-state index contributed by atoms with van der Waals surface area (Å²) in [5, 5.41) is 8.57. The van der Waals surface area contributed by atoms with Crippen LogP contribution in [0.5, 0.6) is 11.5 Å². The van der Waals surface area contributed by atoms with Crippen molar-refractivity contribution < 1.29 is 52.5 Å². The minimum Gasteiger partial charge on any atom is -0.497 e. The van der Waals surface area contributed by atoms with Gasteiger partial charge in [0.2, 0.25) is 0 Å². The van der Waals surface area contributed by atoms with Gasteiger partial charge in [-0.15, -0.1) is 0 Å². The average molecular weight is 577 g/mol. The largest absolute Gasteiger partial charge is 0.497 e. The Morgan fingerprint density at radius 1 is 0.525 bits per heavy atom. The molecule has 40 heavy (non-hydrogen) atoms. The van der Waals surface area contributed by atoms with Gasteiger partial charge in [0.15, 0.2) is 0 Å². The summed E-state index contributed by atoms with van der Waals surface area (Å²) < 4.78 is 54.6. The summed E-state index contributed by atoms with van der Waals surface area (Å²) >= 11 is 0. The van der Waals surface area contributed by atoms with E-state index in [4.69, 9.17) is 52.5 Å². The lowest BCUT2D eigenvalue weighted by atomic mass is 9.86. The van der Waals surface area contributed by atoms with Gasteiger partial charge in [0.05, 0.1) is 119 Å². The first-order valence-electron chi connectivity index (χ1n) is 14.0. The number of aliphatic hydroxyl groups is 1. The van der Waals surface area contributed by atoms with Crippen LogP contribution in [0.15, 0.2) is 18.2 Å². The standard InChI is InChI=1S/C29H52O11/c1-29(2,3)27-25-26(31-4)5-6-28(27)40-24-23-39-22-21-38-20-19-37-18-17-36-16-15-35-14-13-34-12-11-33-10-9-32-8-7-30/h5-6,25,30H,7-24H2,1-4H3. The first-order valence-corrected chi connectivity index (χ1v) is 14.0. The molecule has 0 aliphatic carbocycles. The predicted molar refractivity (Wildman–Crippen MR) is 151 cm³/mol. The second kappa shape index (κ2) is 25.2. The van der Waals surface area contributed by atoms with E-state index in [2.05, 4.69) is 20.8 Å². The summed E-state index contributed by atoms with van der Waals surface area (Å²) in [6.45, 7) is 14.8. The van der Waals surface area contributed by atoms with E-state index in [0.717, 1.165) is 17.1 Å². The Hall–Kier alpha value is -1.54. The lowest BCUT2D eigenvalue weighted by Crippen LogP contribution is -2.16. The summed E-state index contributed by atoms with van der Waals surface area (Å²) in [5.41, 5.74) is 1.06. The average Bonchev–Trinajstić information content (AvgIpc) is 2.94. The highest BCUT2D eigenvalue weighted by Crippen LogP contribution is 2.34. The van der Waals surface area contributed by atoms with Crippen LogP contribution in [-0.4, -0.2) is 131 Å². The highest BCUT2D eigenvalue weighted by molar-refractivity contribution is 5.44. The van der Waals surface area contributed by atoms with Gasteiger partial charge in [0.1, 0.15) is 18.1 Å². The van der Waals surface area contributed by atoms with Gasteiger partial charge in [0, 0.05) is 5.56 Å². The summed E-state index contributed by atoms with van der Waals surface area (Å²) in [5.74, 6) is 1.67. The van der Waals surface area contributed by atoms with Gasteiger partial charge in [-0.1, -0.05) is 20.8 Å². The van der Waals surface area contributed by atoms with Crippen molar-refractivity contribution in [2.75, 3.05) is 126 Å². The number of aliphatic hydroxyl groups excluding tert-OH is 1. The molecule has 0 saturated heterocycles. The lowest BCUT2D eigenvalue weighted by molar-refractivity contribution is -0.0242. The SMILES string of the molecule is COc1ccc(OCCOCCOCCOCCOCCOCCOCCOCCOCCO)c(C(C)(C)C)c1. The predicted octanol–water partition coefficient (Wildman–Crippen LogP) is 2.50. The maximum atomic E-state index is 8.57. The van der Waals surface area contributed by atoms with Gasteiger partial charge in [0.25, 0.3) is 0 Å². The molecule has 1 rings (SSSR count). The van der Waals surface area contributed by atoms with Gasteiger partial charge in [-0.2, -0.15) is 0 Å². The fourth-order valence-electron chi connectivity index (χ4n) is 3.26. The molecule has 0 unspecified atom stereocenters. The molecule has 0 spiro atoms. The Kier molecular flexibility index (Phi) is 23.0. The van der Waals surface area contributed by atoms with E-state index >= 15 is 0 Å². The van der Waals surface area contributed by atoms with Gasteiger partial charge < -0.3 is 52.5 Å². The molecule has 234 valence electrons. The minimum atomic E-state index is -0.0486. The van der Waals surface area contributed by atoms with Crippen molar-refractivity contribution in [3.63, 3.8) is 0 Å². The summed E-state index contributed by atoms with van der Waals surface area (Å²) in [6.07, 6.45) is 0. The monoisotopic (exact) mass is 576 g/mol. The number of benzene rings is 1. The highest BCUT2D eigenvalue weighted by Gasteiger charge is 2.20. The summed E-state index contributed by atoms with van der Waals surface area (Å²) in [4.78, 5) is 0. The Labute approximate surface area is 240 Å². The van der Waals surface area contributed by atoms with E-state index < -0.39 is 0 Å². The normalized spacial score (nSPS) is 11.7. The lowest BCUT2D eigenvalue weighted by Gasteiger charge is -2.23. The maximum Gasteiger partial charge on any atom is 0.123 e. The minimum absolute atomic E-state index is 0.0268. The van der Waals surface area contributed by atoms with Crippen LogP contribution < -0.4 is 9.47 Å². The van der Waals surface area contributed by atoms with Crippen molar-refractivity contribution in [2.24, 2.45) is 0 Å². The molecule has 0 aliphatic rings. The first-order chi connectivity index (χ1) is 19.5.